The fourth-order valence-electron chi connectivity index (χ4n) is 2.79. The molecule has 0 spiro atoms. The molecule has 0 radical (unpaired) electrons. The number of furan rings is 1. The lowest BCUT2D eigenvalue weighted by atomic mass is 10.0. The van der Waals surface area contributed by atoms with Crippen LogP contribution in [0.5, 0.6) is 0 Å². The van der Waals surface area contributed by atoms with E-state index in [4.69, 9.17) is 4.42 Å². The molecule has 0 bridgehead atoms. The van der Waals surface area contributed by atoms with Crippen molar-refractivity contribution in [2.75, 3.05) is 20.6 Å². The second kappa shape index (κ2) is 9.45. The number of nitrogens with one attached hydrogen (secondary N) is 2. The zero-order valence-electron chi connectivity index (χ0n) is 16.3. The molecule has 6 nitrogen and oxygen atoms in total. The van der Waals surface area contributed by atoms with E-state index in [2.05, 4.69) is 10.6 Å². The van der Waals surface area contributed by atoms with E-state index >= 15 is 0 Å². The normalized spacial score (nSPS) is 13.4. The maximum absolute atomic E-state index is 13.8. The Morgan fingerprint density at radius 3 is 2.25 bits per heavy atom. The Hall–Kier alpha value is -2.74. The Bertz CT molecular complexity index is 787. The number of amides is 2. The van der Waals surface area contributed by atoms with Crippen molar-refractivity contribution < 1.29 is 22.8 Å². The molecule has 28 heavy (non-hydrogen) atoms. The number of halogens is 2. The maximum atomic E-state index is 13.8. The van der Waals surface area contributed by atoms with E-state index < -0.39 is 35.1 Å². The summed E-state index contributed by atoms with van der Waals surface area (Å²) in [6.07, 6.45) is 1.55. The predicted octanol–water partition coefficient (Wildman–Crippen LogP) is 2.73. The van der Waals surface area contributed by atoms with E-state index in [0.29, 0.717) is 5.76 Å². The van der Waals surface area contributed by atoms with Crippen molar-refractivity contribution in [3.63, 3.8) is 0 Å². The summed E-state index contributed by atoms with van der Waals surface area (Å²) in [5.41, 5.74) is -0.706. The summed E-state index contributed by atoms with van der Waals surface area (Å²) in [4.78, 5) is 26.9. The lowest BCUT2D eigenvalue weighted by Gasteiger charge is -2.26. The Balaban J connectivity index is 2.08. The molecular weight excluding hydrogens is 368 g/mol. The van der Waals surface area contributed by atoms with Gasteiger partial charge in [-0.3, -0.25) is 14.5 Å². The molecule has 0 saturated carbocycles. The molecule has 2 amide bonds. The van der Waals surface area contributed by atoms with E-state index in [0.717, 1.165) is 12.1 Å². The first kappa shape index (κ1) is 21.6. The van der Waals surface area contributed by atoms with Gasteiger partial charge in [0.25, 0.3) is 5.91 Å². The fourth-order valence-corrected chi connectivity index (χ4v) is 2.79. The van der Waals surface area contributed by atoms with Gasteiger partial charge < -0.3 is 15.1 Å². The second-order valence-electron chi connectivity index (χ2n) is 7.03. The molecule has 2 unspecified atom stereocenters. The van der Waals surface area contributed by atoms with Crippen molar-refractivity contribution in [1.82, 2.24) is 15.5 Å². The third-order valence-electron chi connectivity index (χ3n) is 4.39. The molecule has 1 aromatic carbocycles. The van der Waals surface area contributed by atoms with Gasteiger partial charge in [-0.25, -0.2) is 8.78 Å². The quantitative estimate of drug-likeness (QED) is 0.723. The van der Waals surface area contributed by atoms with Crippen molar-refractivity contribution >= 4 is 11.8 Å². The molecule has 2 aromatic rings. The van der Waals surface area contributed by atoms with Crippen LogP contribution in [-0.4, -0.2) is 43.4 Å². The highest BCUT2D eigenvalue weighted by Gasteiger charge is 2.28. The maximum Gasteiger partial charge on any atom is 0.257 e. The van der Waals surface area contributed by atoms with Crippen molar-refractivity contribution in [1.29, 1.82) is 0 Å². The molecule has 0 aliphatic rings. The Morgan fingerprint density at radius 2 is 1.75 bits per heavy atom. The van der Waals surface area contributed by atoms with Crippen molar-refractivity contribution in [3.05, 3.63) is 59.6 Å². The molecule has 0 aliphatic carbocycles. The van der Waals surface area contributed by atoms with Crippen LogP contribution in [0.2, 0.25) is 0 Å². The number of hydrogen-bond donors (Lipinski definition) is 2. The number of carbonyl (C=O) groups excluding carboxylic acids is 2. The van der Waals surface area contributed by atoms with Crippen LogP contribution in [-0.2, 0) is 4.79 Å². The van der Waals surface area contributed by atoms with Crippen LogP contribution >= 0.6 is 0 Å². The van der Waals surface area contributed by atoms with E-state index in [-0.39, 0.29) is 18.5 Å². The summed E-state index contributed by atoms with van der Waals surface area (Å²) >= 11 is 0. The second-order valence-corrected chi connectivity index (χ2v) is 7.03. The smallest absolute Gasteiger partial charge is 0.257 e. The van der Waals surface area contributed by atoms with E-state index in [1.165, 1.54) is 6.07 Å². The molecule has 152 valence electrons. The number of likely N-dealkylation sites (N-methyl/N-ethyl adjacent to an activating group) is 1. The third kappa shape index (κ3) is 5.16. The summed E-state index contributed by atoms with van der Waals surface area (Å²) in [6.45, 7) is 3.71. The number of carbonyl (C=O) groups is 2. The van der Waals surface area contributed by atoms with Gasteiger partial charge in [0.1, 0.15) is 29.0 Å². The Kier molecular flexibility index (Phi) is 7.28. The molecule has 0 aliphatic heterocycles. The Labute approximate surface area is 162 Å². The molecule has 1 heterocycles. The highest BCUT2D eigenvalue weighted by molar-refractivity contribution is 5.98. The van der Waals surface area contributed by atoms with Crippen molar-refractivity contribution in [2.24, 2.45) is 5.92 Å². The average molecular weight is 393 g/mol. The van der Waals surface area contributed by atoms with Gasteiger partial charge in [-0.15, -0.1) is 0 Å². The number of hydrogen-bond acceptors (Lipinski definition) is 4. The SMILES string of the molecule is CC(C)C(NC(=O)c1c(F)cccc1F)C(=O)NCC(c1ccco1)N(C)C. The van der Waals surface area contributed by atoms with Crippen molar-refractivity contribution in [3.8, 4) is 0 Å². The molecule has 2 N–H and O–H groups in total. The number of benzene rings is 1. The lowest BCUT2D eigenvalue weighted by molar-refractivity contribution is -0.124. The highest BCUT2D eigenvalue weighted by atomic mass is 19.1. The largest absolute Gasteiger partial charge is 0.468 e. The monoisotopic (exact) mass is 393 g/mol. The summed E-state index contributed by atoms with van der Waals surface area (Å²) in [5, 5.41) is 5.21. The average Bonchev–Trinajstić information content (AvgIpc) is 3.13. The van der Waals surface area contributed by atoms with E-state index in [1.807, 2.05) is 19.0 Å². The van der Waals surface area contributed by atoms with Gasteiger partial charge in [0, 0.05) is 6.54 Å². The molecule has 0 saturated heterocycles. The molecule has 2 atom stereocenters. The van der Waals surface area contributed by atoms with Crippen molar-refractivity contribution in [2.45, 2.75) is 25.9 Å². The molecule has 8 heteroatoms. The number of nitrogens with zero attached hydrogens (tertiary/aromatic N) is 1. The zero-order valence-corrected chi connectivity index (χ0v) is 16.3. The summed E-state index contributed by atoms with van der Waals surface area (Å²) in [6, 6.07) is 5.57. The van der Waals surface area contributed by atoms with E-state index in [9.17, 15) is 18.4 Å². The van der Waals surface area contributed by atoms with Gasteiger partial charge in [-0.2, -0.15) is 0 Å². The number of rotatable bonds is 8. The summed E-state index contributed by atoms with van der Waals surface area (Å²) < 4.78 is 33.1. The minimum Gasteiger partial charge on any atom is -0.468 e. The van der Waals surface area contributed by atoms with Crippen LogP contribution in [0.15, 0.2) is 41.0 Å². The van der Waals surface area contributed by atoms with Crippen LogP contribution in [0.3, 0.4) is 0 Å². The summed E-state index contributed by atoms with van der Waals surface area (Å²) in [5.74, 6) is -2.99. The first-order valence-electron chi connectivity index (χ1n) is 8.94. The minimum atomic E-state index is -0.981. The van der Waals surface area contributed by atoms with Gasteiger partial charge >= 0.3 is 0 Å². The van der Waals surface area contributed by atoms with Crippen LogP contribution in [0.1, 0.15) is 36.0 Å². The molecule has 1 aromatic heterocycles. The third-order valence-corrected chi connectivity index (χ3v) is 4.39. The van der Waals surface area contributed by atoms with Gasteiger partial charge in [-0.1, -0.05) is 19.9 Å². The fraction of sp³-hybridized carbons (Fsp3) is 0.400. The highest BCUT2D eigenvalue weighted by Crippen LogP contribution is 2.18. The standard InChI is InChI=1S/C20H25F2N3O3/c1-12(2)18(24-19(26)17-13(21)7-5-8-14(17)22)20(27)23-11-15(25(3)4)16-9-6-10-28-16/h5-10,12,15,18H,11H2,1-4H3,(H,23,27)(H,24,26). The molecule has 0 fully saturated rings. The summed E-state index contributed by atoms with van der Waals surface area (Å²) in [7, 11) is 3.70. The van der Waals surface area contributed by atoms with Gasteiger partial charge in [0.2, 0.25) is 5.91 Å². The first-order chi connectivity index (χ1) is 13.2. The lowest BCUT2D eigenvalue weighted by Crippen LogP contribution is -2.51. The molecular formula is C20H25F2N3O3. The topological polar surface area (TPSA) is 74.6 Å². The van der Waals surface area contributed by atoms with E-state index in [1.54, 1.807) is 32.2 Å². The minimum absolute atomic E-state index is 0.202. The van der Waals surface area contributed by atoms with Crippen LogP contribution in [0.25, 0.3) is 0 Å². The predicted molar refractivity (Wildman–Crippen MR) is 101 cm³/mol. The van der Waals surface area contributed by atoms with Gasteiger partial charge in [0.05, 0.1) is 12.3 Å². The van der Waals surface area contributed by atoms with Gasteiger partial charge in [0.15, 0.2) is 0 Å². The van der Waals surface area contributed by atoms with Crippen LogP contribution in [0, 0.1) is 17.6 Å². The van der Waals surface area contributed by atoms with Gasteiger partial charge in [-0.05, 0) is 44.3 Å². The Morgan fingerprint density at radius 1 is 1.11 bits per heavy atom. The zero-order chi connectivity index (χ0) is 20.8. The van der Waals surface area contributed by atoms with Crippen LogP contribution in [0.4, 0.5) is 8.78 Å². The first-order valence-corrected chi connectivity index (χ1v) is 8.94. The molecule has 2 rings (SSSR count). The van der Waals surface area contributed by atoms with Crippen LogP contribution < -0.4 is 10.6 Å².